The Morgan fingerprint density at radius 2 is 1.59 bits per heavy atom. The summed E-state index contributed by atoms with van der Waals surface area (Å²) in [6, 6.07) is 9.58. The fourth-order valence-corrected chi connectivity index (χ4v) is 6.06. The smallest absolute Gasteiger partial charge is 0.244 e. The summed E-state index contributed by atoms with van der Waals surface area (Å²) in [7, 11) is -3.80. The van der Waals surface area contributed by atoms with Crippen LogP contribution in [0.3, 0.4) is 0 Å². The van der Waals surface area contributed by atoms with Crippen molar-refractivity contribution >= 4 is 50.7 Å². The molecule has 1 aliphatic rings. The first-order valence-electron chi connectivity index (χ1n) is 12.5. The molecule has 2 aromatic rings. The number of hydrogen-bond donors (Lipinski definition) is 1. The minimum atomic E-state index is -3.80. The zero-order valence-corrected chi connectivity index (χ0v) is 24.1. The molecule has 3 rings (SSSR count). The van der Waals surface area contributed by atoms with Gasteiger partial charge in [-0.3, -0.25) is 13.9 Å². The van der Waals surface area contributed by atoms with Gasteiger partial charge in [0.15, 0.2) is 0 Å². The number of hydrogen-bond acceptors (Lipinski definition) is 4. The standard InChI is InChI=1S/C27H35Cl2N3O4S/c1-18-13-19(2)15-22(14-18)32(37(4,35)36)17-26(33)31(16-23-24(28)11-8-12-25(23)29)20(3)27(34)30-21-9-6-5-7-10-21/h8,11-15,20-21H,5-7,9-10,16-17H2,1-4H3,(H,30,34). The lowest BCUT2D eigenvalue weighted by molar-refractivity contribution is -0.139. The van der Waals surface area contributed by atoms with Crippen molar-refractivity contribution < 1.29 is 18.0 Å². The largest absolute Gasteiger partial charge is 0.352 e. The summed E-state index contributed by atoms with van der Waals surface area (Å²) in [6.07, 6.45) is 6.12. The zero-order chi connectivity index (χ0) is 27.3. The third-order valence-electron chi connectivity index (χ3n) is 6.68. The molecule has 1 saturated carbocycles. The molecule has 7 nitrogen and oxygen atoms in total. The number of anilines is 1. The first-order valence-corrected chi connectivity index (χ1v) is 15.1. The van der Waals surface area contributed by atoms with Gasteiger partial charge in [-0.2, -0.15) is 0 Å². The van der Waals surface area contributed by atoms with E-state index in [9.17, 15) is 18.0 Å². The van der Waals surface area contributed by atoms with E-state index in [-0.39, 0.29) is 18.5 Å². The monoisotopic (exact) mass is 567 g/mol. The van der Waals surface area contributed by atoms with Crippen LogP contribution in [0.15, 0.2) is 36.4 Å². The molecule has 0 aromatic heterocycles. The molecule has 10 heteroatoms. The predicted octanol–water partition coefficient (Wildman–Crippen LogP) is 5.24. The molecule has 0 heterocycles. The Bertz CT molecular complexity index is 1210. The van der Waals surface area contributed by atoms with Gasteiger partial charge in [-0.05, 0) is 69.0 Å². The van der Waals surface area contributed by atoms with Crippen LogP contribution >= 0.6 is 23.2 Å². The van der Waals surface area contributed by atoms with Crippen LogP contribution in [0, 0.1) is 13.8 Å². The molecule has 1 unspecified atom stereocenters. The van der Waals surface area contributed by atoms with Crippen molar-refractivity contribution in [3.8, 4) is 0 Å². The number of nitrogens with one attached hydrogen (secondary N) is 1. The van der Waals surface area contributed by atoms with Crippen molar-refractivity contribution in [1.29, 1.82) is 0 Å². The molecule has 0 aliphatic heterocycles. The quantitative estimate of drug-likeness (QED) is 0.448. The molecule has 0 saturated heterocycles. The van der Waals surface area contributed by atoms with E-state index in [4.69, 9.17) is 23.2 Å². The molecule has 0 radical (unpaired) electrons. The topological polar surface area (TPSA) is 86.8 Å². The van der Waals surface area contributed by atoms with Crippen molar-refractivity contribution in [3.63, 3.8) is 0 Å². The van der Waals surface area contributed by atoms with Gasteiger partial charge in [0.25, 0.3) is 0 Å². The Labute approximate surface area is 230 Å². The van der Waals surface area contributed by atoms with Crippen LogP contribution in [0.25, 0.3) is 0 Å². The maximum absolute atomic E-state index is 13.8. The summed E-state index contributed by atoms with van der Waals surface area (Å²) in [5.41, 5.74) is 2.63. The second kappa shape index (κ2) is 12.5. The van der Waals surface area contributed by atoms with Crippen LogP contribution in [-0.2, 0) is 26.2 Å². The summed E-state index contributed by atoms with van der Waals surface area (Å²) in [5.74, 6) is -0.826. The van der Waals surface area contributed by atoms with Crippen LogP contribution in [0.5, 0.6) is 0 Å². The lowest BCUT2D eigenvalue weighted by Gasteiger charge is -2.33. The molecule has 2 aromatic carbocycles. The molecule has 0 spiro atoms. The number of amides is 2. The molecular formula is C27H35Cl2N3O4S. The maximum atomic E-state index is 13.8. The van der Waals surface area contributed by atoms with Gasteiger partial charge in [0.2, 0.25) is 21.8 Å². The van der Waals surface area contributed by atoms with E-state index in [2.05, 4.69) is 5.32 Å². The molecule has 202 valence electrons. The average molecular weight is 569 g/mol. The van der Waals surface area contributed by atoms with E-state index < -0.39 is 28.5 Å². The molecular weight excluding hydrogens is 533 g/mol. The first-order chi connectivity index (χ1) is 17.4. The van der Waals surface area contributed by atoms with Crippen molar-refractivity contribution in [2.45, 2.75) is 71.5 Å². The third-order valence-corrected chi connectivity index (χ3v) is 8.53. The van der Waals surface area contributed by atoms with Crippen molar-refractivity contribution in [3.05, 3.63) is 63.1 Å². The predicted molar refractivity (Wildman–Crippen MR) is 150 cm³/mol. The van der Waals surface area contributed by atoms with E-state index in [0.29, 0.717) is 21.3 Å². The number of rotatable bonds is 9. The Balaban J connectivity index is 1.94. The normalized spacial score (nSPS) is 15.2. The van der Waals surface area contributed by atoms with Crippen LogP contribution in [0.4, 0.5) is 5.69 Å². The second-order valence-electron chi connectivity index (χ2n) is 9.86. The number of aryl methyl sites for hydroxylation is 2. The highest BCUT2D eigenvalue weighted by Gasteiger charge is 2.32. The highest BCUT2D eigenvalue weighted by molar-refractivity contribution is 7.92. The molecule has 37 heavy (non-hydrogen) atoms. The number of halogens is 2. The highest BCUT2D eigenvalue weighted by Crippen LogP contribution is 2.28. The van der Waals surface area contributed by atoms with Gasteiger partial charge >= 0.3 is 0 Å². The number of carbonyl (C=O) groups is 2. The van der Waals surface area contributed by atoms with Gasteiger partial charge in [-0.15, -0.1) is 0 Å². The van der Waals surface area contributed by atoms with Gasteiger partial charge in [-0.1, -0.05) is 54.6 Å². The van der Waals surface area contributed by atoms with Crippen LogP contribution in [-0.4, -0.2) is 50.0 Å². The van der Waals surface area contributed by atoms with Crippen LogP contribution in [0.2, 0.25) is 10.0 Å². The lowest BCUT2D eigenvalue weighted by atomic mass is 9.95. The molecule has 1 N–H and O–H groups in total. The minimum Gasteiger partial charge on any atom is -0.352 e. The van der Waals surface area contributed by atoms with Gasteiger partial charge in [-0.25, -0.2) is 8.42 Å². The third kappa shape index (κ3) is 7.85. The van der Waals surface area contributed by atoms with Gasteiger partial charge < -0.3 is 10.2 Å². The van der Waals surface area contributed by atoms with Crippen molar-refractivity contribution in [2.75, 3.05) is 17.1 Å². The van der Waals surface area contributed by atoms with Crippen LogP contribution in [0.1, 0.15) is 55.7 Å². The lowest BCUT2D eigenvalue weighted by Crippen LogP contribution is -2.53. The number of carbonyl (C=O) groups excluding carboxylic acids is 2. The molecule has 1 fully saturated rings. The number of benzene rings is 2. The Hall–Kier alpha value is -2.29. The minimum absolute atomic E-state index is 0.0406. The maximum Gasteiger partial charge on any atom is 0.244 e. The summed E-state index contributed by atoms with van der Waals surface area (Å²) in [6.45, 7) is 4.86. The summed E-state index contributed by atoms with van der Waals surface area (Å²) in [4.78, 5) is 28.4. The molecule has 1 aliphatic carbocycles. The Morgan fingerprint density at radius 3 is 2.14 bits per heavy atom. The molecule has 2 amide bonds. The summed E-state index contributed by atoms with van der Waals surface area (Å²) < 4.78 is 26.6. The number of sulfonamides is 1. The SMILES string of the molecule is Cc1cc(C)cc(N(CC(=O)N(Cc2c(Cl)cccc2Cl)C(C)C(=O)NC2CCCCC2)S(C)(=O)=O)c1. The van der Waals surface area contributed by atoms with Crippen molar-refractivity contribution in [1.82, 2.24) is 10.2 Å². The van der Waals surface area contributed by atoms with E-state index in [1.807, 2.05) is 19.9 Å². The number of nitrogens with zero attached hydrogens (tertiary/aromatic N) is 2. The second-order valence-corrected chi connectivity index (χ2v) is 12.6. The van der Waals surface area contributed by atoms with E-state index >= 15 is 0 Å². The van der Waals surface area contributed by atoms with E-state index in [0.717, 1.165) is 53.8 Å². The molecule has 0 bridgehead atoms. The van der Waals surface area contributed by atoms with Gasteiger partial charge in [0.05, 0.1) is 11.9 Å². The summed E-state index contributed by atoms with van der Waals surface area (Å²) in [5, 5.41) is 3.79. The average Bonchev–Trinajstić information content (AvgIpc) is 2.81. The van der Waals surface area contributed by atoms with E-state index in [1.165, 1.54) is 4.90 Å². The zero-order valence-electron chi connectivity index (χ0n) is 21.8. The van der Waals surface area contributed by atoms with Gasteiger partial charge in [0, 0.05) is 28.2 Å². The van der Waals surface area contributed by atoms with Crippen molar-refractivity contribution in [2.24, 2.45) is 0 Å². The fraction of sp³-hybridized carbons (Fsp3) is 0.481. The highest BCUT2D eigenvalue weighted by atomic mass is 35.5. The van der Waals surface area contributed by atoms with Crippen LogP contribution < -0.4 is 9.62 Å². The Morgan fingerprint density at radius 1 is 1.03 bits per heavy atom. The molecule has 1 atom stereocenters. The Kier molecular flexibility index (Phi) is 9.89. The van der Waals surface area contributed by atoms with Gasteiger partial charge in [0.1, 0.15) is 12.6 Å². The summed E-state index contributed by atoms with van der Waals surface area (Å²) >= 11 is 12.8. The van der Waals surface area contributed by atoms with E-state index in [1.54, 1.807) is 37.3 Å². The fourth-order valence-electron chi connectivity index (χ4n) is 4.71. The first kappa shape index (κ1) is 29.3.